The maximum absolute atomic E-state index is 13.7. The lowest BCUT2D eigenvalue weighted by molar-refractivity contribution is -0.124. The second-order valence-corrected chi connectivity index (χ2v) is 12.1. The SMILES string of the molecule is CC1(C)CC(NC(=O)C(Cc2ccc(-c3ccccc3)cc2)NC(=O)c2ccc3cc[nH]c3c2)CC(C)(C)N1. The number of aromatic nitrogens is 1. The molecule has 1 aliphatic heterocycles. The third-order valence-corrected chi connectivity index (χ3v) is 7.48. The molecule has 0 spiro atoms. The summed E-state index contributed by atoms with van der Waals surface area (Å²) in [7, 11) is 0. The first kappa shape index (κ1) is 26.7. The van der Waals surface area contributed by atoms with E-state index in [0.717, 1.165) is 40.4 Å². The first-order valence-corrected chi connectivity index (χ1v) is 13.7. The molecule has 0 saturated carbocycles. The molecule has 39 heavy (non-hydrogen) atoms. The Hall–Kier alpha value is -3.90. The molecule has 1 aliphatic rings. The highest BCUT2D eigenvalue weighted by molar-refractivity contribution is 6.00. The maximum atomic E-state index is 13.7. The van der Waals surface area contributed by atoms with Crippen LogP contribution < -0.4 is 16.0 Å². The predicted molar refractivity (Wildman–Crippen MR) is 158 cm³/mol. The van der Waals surface area contributed by atoms with Gasteiger partial charge in [0.15, 0.2) is 0 Å². The standard InChI is InChI=1S/C33H38N4O2/c1-32(2)20-27(21-33(3,4)37-32)35-31(39)29(36-30(38)26-15-14-25-16-17-34-28(25)19-26)18-22-10-12-24(13-11-22)23-8-6-5-7-9-23/h5-17,19,27,29,34,37H,18,20-21H2,1-4H3,(H,35,39)(H,36,38). The van der Waals surface area contributed by atoms with Crippen molar-refractivity contribution in [2.24, 2.45) is 0 Å². The normalized spacial score (nSPS) is 17.4. The van der Waals surface area contributed by atoms with Gasteiger partial charge in [0.05, 0.1) is 0 Å². The van der Waals surface area contributed by atoms with Crippen LogP contribution in [0.3, 0.4) is 0 Å². The Morgan fingerprint density at radius 2 is 1.54 bits per heavy atom. The van der Waals surface area contributed by atoms with Crippen LogP contribution in [0.25, 0.3) is 22.0 Å². The second kappa shape index (κ2) is 10.7. The minimum Gasteiger partial charge on any atom is -0.361 e. The number of nitrogens with one attached hydrogen (secondary N) is 4. The summed E-state index contributed by atoms with van der Waals surface area (Å²) in [6, 6.07) is 25.2. The highest BCUT2D eigenvalue weighted by Crippen LogP contribution is 2.28. The predicted octanol–water partition coefficient (Wildman–Crippen LogP) is 5.60. The summed E-state index contributed by atoms with van der Waals surface area (Å²) in [5.74, 6) is -0.423. The fraction of sp³-hybridized carbons (Fsp3) is 0.333. The molecule has 5 rings (SSSR count). The lowest BCUT2D eigenvalue weighted by Crippen LogP contribution is -2.63. The third-order valence-electron chi connectivity index (χ3n) is 7.48. The quantitative estimate of drug-likeness (QED) is 0.255. The van der Waals surface area contributed by atoms with Crippen LogP contribution in [0.5, 0.6) is 0 Å². The number of aromatic amines is 1. The summed E-state index contributed by atoms with van der Waals surface area (Å²) >= 11 is 0. The third kappa shape index (κ3) is 6.58. The molecule has 0 bridgehead atoms. The van der Waals surface area contributed by atoms with E-state index in [-0.39, 0.29) is 28.9 Å². The average Bonchev–Trinajstić information content (AvgIpc) is 3.35. The van der Waals surface area contributed by atoms with Crippen LogP contribution in [-0.4, -0.2) is 40.0 Å². The number of hydrogen-bond acceptors (Lipinski definition) is 3. The number of H-pyrrole nitrogens is 1. The van der Waals surface area contributed by atoms with Gasteiger partial charge in [-0.15, -0.1) is 0 Å². The smallest absolute Gasteiger partial charge is 0.252 e. The molecule has 0 aliphatic carbocycles. The van der Waals surface area contributed by atoms with Crippen LogP contribution in [-0.2, 0) is 11.2 Å². The fourth-order valence-electron chi connectivity index (χ4n) is 6.07. The number of carbonyl (C=O) groups is 2. The van der Waals surface area contributed by atoms with Crippen molar-refractivity contribution in [3.63, 3.8) is 0 Å². The van der Waals surface area contributed by atoms with Crippen molar-refractivity contribution < 1.29 is 9.59 Å². The van der Waals surface area contributed by atoms with Crippen LogP contribution in [0, 0.1) is 0 Å². The van der Waals surface area contributed by atoms with Gasteiger partial charge in [0, 0.05) is 40.8 Å². The second-order valence-electron chi connectivity index (χ2n) is 12.1. The topological polar surface area (TPSA) is 86.0 Å². The number of benzene rings is 3. The lowest BCUT2D eigenvalue weighted by atomic mass is 9.79. The minimum absolute atomic E-state index is 0.0128. The molecule has 4 N–H and O–H groups in total. The zero-order chi connectivity index (χ0) is 27.6. The van der Waals surface area contributed by atoms with Crippen LogP contribution in [0.15, 0.2) is 85.1 Å². The summed E-state index contributed by atoms with van der Waals surface area (Å²) in [6.45, 7) is 8.66. The summed E-state index contributed by atoms with van der Waals surface area (Å²) in [5, 5.41) is 11.0. The maximum Gasteiger partial charge on any atom is 0.252 e. The number of fused-ring (bicyclic) bond motifs is 1. The van der Waals surface area contributed by atoms with Crippen molar-refractivity contribution in [2.75, 3.05) is 0 Å². The molecule has 1 atom stereocenters. The van der Waals surface area contributed by atoms with Gasteiger partial charge in [0.2, 0.25) is 5.91 Å². The van der Waals surface area contributed by atoms with Gasteiger partial charge in [-0.1, -0.05) is 60.7 Å². The lowest BCUT2D eigenvalue weighted by Gasteiger charge is -2.46. The van der Waals surface area contributed by atoms with E-state index in [1.807, 2.05) is 54.7 Å². The molecule has 6 nitrogen and oxygen atoms in total. The minimum atomic E-state index is -0.708. The number of rotatable bonds is 7. The van der Waals surface area contributed by atoms with Gasteiger partial charge in [-0.2, -0.15) is 0 Å². The van der Waals surface area contributed by atoms with Gasteiger partial charge < -0.3 is 20.9 Å². The number of hydrogen-bond donors (Lipinski definition) is 4. The molecule has 2 heterocycles. The molecule has 1 saturated heterocycles. The Labute approximate surface area is 230 Å². The molecular weight excluding hydrogens is 484 g/mol. The molecule has 1 unspecified atom stereocenters. The van der Waals surface area contributed by atoms with E-state index in [2.05, 4.69) is 72.9 Å². The van der Waals surface area contributed by atoms with Gasteiger partial charge >= 0.3 is 0 Å². The zero-order valence-corrected chi connectivity index (χ0v) is 23.2. The van der Waals surface area contributed by atoms with Gasteiger partial charge in [0.1, 0.15) is 6.04 Å². The molecule has 202 valence electrons. The molecule has 0 radical (unpaired) electrons. The van der Waals surface area contributed by atoms with Crippen molar-refractivity contribution in [3.8, 4) is 11.1 Å². The first-order chi connectivity index (χ1) is 18.6. The summed E-state index contributed by atoms with van der Waals surface area (Å²) in [6.07, 6.45) is 3.88. The van der Waals surface area contributed by atoms with Crippen molar-refractivity contribution in [1.82, 2.24) is 20.9 Å². The molecular formula is C33H38N4O2. The molecule has 4 aromatic rings. The molecule has 1 fully saturated rings. The Morgan fingerprint density at radius 3 is 2.23 bits per heavy atom. The first-order valence-electron chi connectivity index (χ1n) is 13.7. The summed E-state index contributed by atoms with van der Waals surface area (Å²) in [4.78, 5) is 30.2. The van der Waals surface area contributed by atoms with E-state index in [1.165, 1.54) is 0 Å². The van der Waals surface area contributed by atoms with Crippen molar-refractivity contribution >= 4 is 22.7 Å². The highest BCUT2D eigenvalue weighted by Gasteiger charge is 2.39. The largest absolute Gasteiger partial charge is 0.361 e. The Bertz CT molecular complexity index is 1440. The van der Waals surface area contributed by atoms with Crippen LogP contribution in [0.1, 0.15) is 56.5 Å². The van der Waals surface area contributed by atoms with E-state index in [1.54, 1.807) is 6.07 Å². The van der Waals surface area contributed by atoms with E-state index < -0.39 is 6.04 Å². The van der Waals surface area contributed by atoms with Crippen molar-refractivity contribution in [1.29, 1.82) is 0 Å². The Balaban J connectivity index is 1.36. The van der Waals surface area contributed by atoms with E-state index in [0.29, 0.717) is 12.0 Å². The number of piperidine rings is 1. The van der Waals surface area contributed by atoms with Crippen molar-refractivity contribution in [3.05, 3.63) is 96.2 Å². The van der Waals surface area contributed by atoms with Crippen LogP contribution >= 0.6 is 0 Å². The summed E-state index contributed by atoms with van der Waals surface area (Å²) < 4.78 is 0. The van der Waals surface area contributed by atoms with E-state index >= 15 is 0 Å². The van der Waals surface area contributed by atoms with E-state index in [4.69, 9.17) is 0 Å². The number of amides is 2. The molecule has 6 heteroatoms. The summed E-state index contributed by atoms with van der Waals surface area (Å²) in [5.41, 5.74) is 4.45. The van der Waals surface area contributed by atoms with Crippen LogP contribution in [0.2, 0.25) is 0 Å². The Kier molecular flexibility index (Phi) is 7.32. The molecule has 2 amide bonds. The molecule has 3 aromatic carbocycles. The monoisotopic (exact) mass is 522 g/mol. The van der Waals surface area contributed by atoms with Gasteiger partial charge in [-0.05, 0) is 80.8 Å². The van der Waals surface area contributed by atoms with Gasteiger partial charge in [-0.25, -0.2) is 0 Å². The highest BCUT2D eigenvalue weighted by atomic mass is 16.2. The fourth-order valence-corrected chi connectivity index (χ4v) is 6.07. The van der Waals surface area contributed by atoms with Gasteiger partial charge in [-0.3, -0.25) is 9.59 Å². The van der Waals surface area contributed by atoms with E-state index in [9.17, 15) is 9.59 Å². The average molecular weight is 523 g/mol. The zero-order valence-electron chi connectivity index (χ0n) is 23.2. The Morgan fingerprint density at radius 1 is 0.872 bits per heavy atom. The van der Waals surface area contributed by atoms with Gasteiger partial charge in [0.25, 0.3) is 5.91 Å². The molecule has 1 aromatic heterocycles. The van der Waals surface area contributed by atoms with Crippen molar-refractivity contribution in [2.45, 2.75) is 70.1 Å². The van der Waals surface area contributed by atoms with Crippen LogP contribution in [0.4, 0.5) is 0 Å². The number of carbonyl (C=O) groups excluding carboxylic acids is 2.